The van der Waals surface area contributed by atoms with E-state index in [9.17, 15) is 14.6 Å². The fraction of sp³-hybridized carbons (Fsp3) is 0.441. The van der Waals surface area contributed by atoms with E-state index in [1.807, 2.05) is 0 Å². The average Bonchev–Trinajstić information content (AvgIpc) is 3.59. The summed E-state index contributed by atoms with van der Waals surface area (Å²) in [4.78, 5) is 18.2. The summed E-state index contributed by atoms with van der Waals surface area (Å²) < 4.78 is 37.4. The Kier molecular flexibility index (Phi) is 6.40. The van der Waals surface area contributed by atoms with Gasteiger partial charge in [-0.25, -0.2) is 8.78 Å². The van der Waals surface area contributed by atoms with E-state index in [0.717, 1.165) is 32.2 Å². The quantitative estimate of drug-likeness (QED) is 0.316. The number of alkyl halides is 1. The molecule has 2 aromatic carbocycles. The number of terminal acetylenes is 1. The molecule has 5 heterocycles. The normalized spacial score (nSPS) is 28.1. The first kappa shape index (κ1) is 27.5. The van der Waals surface area contributed by atoms with Gasteiger partial charge in [-0.1, -0.05) is 18.1 Å². The van der Waals surface area contributed by atoms with Crippen molar-refractivity contribution in [1.82, 2.24) is 19.9 Å². The van der Waals surface area contributed by atoms with Crippen LogP contribution in [0.4, 0.5) is 14.6 Å². The lowest BCUT2D eigenvalue weighted by molar-refractivity contribution is 0.0790. The predicted molar refractivity (Wildman–Crippen MR) is 163 cm³/mol. The Hall–Kier alpha value is -4.07. The lowest BCUT2D eigenvalue weighted by Crippen LogP contribution is -2.45. The van der Waals surface area contributed by atoms with Crippen LogP contribution < -0.4 is 9.64 Å². The summed E-state index contributed by atoms with van der Waals surface area (Å²) in [7, 11) is 0. The van der Waals surface area contributed by atoms with Crippen molar-refractivity contribution in [3.05, 3.63) is 47.9 Å². The number of fused-ring (bicyclic) bond motifs is 5. The van der Waals surface area contributed by atoms with Crippen molar-refractivity contribution >= 4 is 27.5 Å². The lowest BCUT2D eigenvalue weighted by Gasteiger charge is -2.36. The monoisotopic (exact) mass is 597 g/mol. The Balaban J connectivity index is 1.27. The van der Waals surface area contributed by atoms with Crippen molar-refractivity contribution in [3.8, 4) is 35.4 Å². The molecule has 1 saturated carbocycles. The predicted octanol–water partition coefficient (Wildman–Crippen LogP) is 4.83. The fourth-order valence-electron chi connectivity index (χ4n) is 8.25. The van der Waals surface area contributed by atoms with E-state index in [1.54, 1.807) is 30.5 Å². The Morgan fingerprint density at radius 2 is 1.95 bits per heavy atom. The van der Waals surface area contributed by atoms with Gasteiger partial charge in [0.2, 0.25) is 0 Å². The molecule has 2 unspecified atom stereocenters. The number of benzene rings is 2. The first-order valence-corrected chi connectivity index (χ1v) is 15.4. The van der Waals surface area contributed by atoms with Crippen LogP contribution in [0, 0.1) is 30.0 Å². The molecule has 10 heteroatoms. The molecule has 8 rings (SSSR count). The largest absolute Gasteiger partial charge is 0.508 e. The highest BCUT2D eigenvalue weighted by Crippen LogP contribution is 2.43. The van der Waals surface area contributed by atoms with Crippen LogP contribution in [0.15, 0.2) is 36.5 Å². The third-order valence-electron chi connectivity index (χ3n) is 10.3. The number of hydrogen-bond acceptors (Lipinski definition) is 8. The number of piperidine rings is 1. The van der Waals surface area contributed by atoms with Gasteiger partial charge in [-0.3, -0.25) is 9.88 Å². The molecular weight excluding hydrogens is 564 g/mol. The summed E-state index contributed by atoms with van der Waals surface area (Å²) in [5.41, 5.74) is 0.535. The molecule has 4 aliphatic rings. The summed E-state index contributed by atoms with van der Waals surface area (Å²) >= 11 is 0. The number of rotatable bonds is 5. The van der Waals surface area contributed by atoms with Crippen LogP contribution in [0.2, 0.25) is 0 Å². The average molecular weight is 598 g/mol. The molecule has 4 aromatic rings. The van der Waals surface area contributed by atoms with E-state index < -0.39 is 17.5 Å². The molecule has 226 valence electrons. The van der Waals surface area contributed by atoms with Gasteiger partial charge in [0.25, 0.3) is 0 Å². The van der Waals surface area contributed by atoms with Gasteiger partial charge >= 0.3 is 6.01 Å². The Morgan fingerprint density at radius 1 is 1.14 bits per heavy atom. The highest BCUT2D eigenvalue weighted by atomic mass is 19.1. The van der Waals surface area contributed by atoms with Crippen molar-refractivity contribution in [3.63, 3.8) is 0 Å². The summed E-state index contributed by atoms with van der Waals surface area (Å²) in [5, 5.41) is 22.9. The number of aromatic hydroxyl groups is 1. The topological polar surface area (TPSA) is 94.8 Å². The van der Waals surface area contributed by atoms with Gasteiger partial charge in [0.1, 0.15) is 35.6 Å². The Labute approximate surface area is 253 Å². The number of pyridine rings is 1. The first-order valence-electron chi connectivity index (χ1n) is 15.4. The third kappa shape index (κ3) is 4.28. The number of phenolic OH excluding ortho intramolecular Hbond substituents is 1. The SMILES string of the molecule is C#Cc1cccc2cc(O)cc(-c3ncc4c(N5CC6CCC(C5)C6O)nc(OC[C@@]56CCCN5C[C@H](F)C6)nc4c3F)c12. The van der Waals surface area contributed by atoms with Gasteiger partial charge in [-0.05, 0) is 55.8 Å². The van der Waals surface area contributed by atoms with Crippen LogP contribution in [0.5, 0.6) is 11.8 Å². The van der Waals surface area contributed by atoms with E-state index in [2.05, 4.69) is 25.7 Å². The molecule has 2 aromatic heterocycles. The number of hydrogen-bond donors (Lipinski definition) is 2. The number of phenols is 1. The van der Waals surface area contributed by atoms with Crippen LogP contribution in [0.3, 0.4) is 0 Å². The minimum Gasteiger partial charge on any atom is -0.508 e. The number of anilines is 1. The van der Waals surface area contributed by atoms with E-state index >= 15 is 4.39 Å². The summed E-state index contributed by atoms with van der Waals surface area (Å²) in [6.07, 6.45) is 10.2. The van der Waals surface area contributed by atoms with Crippen LogP contribution in [-0.4, -0.2) is 80.7 Å². The second kappa shape index (κ2) is 10.2. The molecule has 0 radical (unpaired) electrons. The van der Waals surface area contributed by atoms with Crippen LogP contribution in [0.25, 0.3) is 32.9 Å². The molecule has 0 spiro atoms. The highest BCUT2D eigenvalue weighted by Gasteiger charge is 2.49. The van der Waals surface area contributed by atoms with E-state index in [0.29, 0.717) is 59.2 Å². The van der Waals surface area contributed by atoms with Gasteiger partial charge in [-0.15, -0.1) is 6.42 Å². The fourth-order valence-corrected chi connectivity index (χ4v) is 8.25. The zero-order valence-electron chi connectivity index (χ0n) is 24.2. The number of ether oxygens (including phenoxy) is 1. The molecule has 2 bridgehead atoms. The lowest BCUT2D eigenvalue weighted by atomic mass is 9.94. The molecular formula is C34H33F2N5O3. The minimum atomic E-state index is -0.904. The number of nitrogens with zero attached hydrogens (tertiary/aromatic N) is 5. The molecule has 3 aliphatic heterocycles. The zero-order chi connectivity index (χ0) is 30.2. The van der Waals surface area contributed by atoms with Crippen molar-refractivity contribution in [2.24, 2.45) is 11.8 Å². The minimum absolute atomic E-state index is 0.00228. The standard InChI is InChI=1S/C34H33F2N5O3/c1-2-19-5-3-6-20-11-24(42)12-25(27(19)20)29-28(36)30-26(14-37-29)32(40-15-21-7-8-22(16-40)31(21)43)39-33(38-30)44-18-34-9-4-10-41(34)17-23(35)13-34/h1,3,5-6,11-12,14,21-23,31,42-43H,4,7-10,13,15-18H2/t21?,22?,23-,31?,34+/m1/s1. The van der Waals surface area contributed by atoms with Crippen LogP contribution in [0.1, 0.15) is 37.7 Å². The second-order valence-corrected chi connectivity index (χ2v) is 12.9. The summed E-state index contributed by atoms with van der Waals surface area (Å²) in [5.74, 6) is 2.66. The Morgan fingerprint density at radius 3 is 2.75 bits per heavy atom. The van der Waals surface area contributed by atoms with Crippen molar-refractivity contribution in [2.45, 2.75) is 49.9 Å². The van der Waals surface area contributed by atoms with Crippen LogP contribution >= 0.6 is 0 Å². The molecule has 44 heavy (non-hydrogen) atoms. The van der Waals surface area contributed by atoms with Gasteiger partial charge in [0.05, 0.1) is 17.0 Å². The number of aliphatic hydroxyl groups excluding tert-OH is 1. The molecule has 0 amide bonds. The van der Waals surface area contributed by atoms with Crippen molar-refractivity contribution in [2.75, 3.05) is 37.7 Å². The molecule has 2 N–H and O–H groups in total. The van der Waals surface area contributed by atoms with Gasteiger partial charge in [0, 0.05) is 60.6 Å². The highest BCUT2D eigenvalue weighted by molar-refractivity contribution is 6.02. The number of aliphatic hydroxyl groups is 1. The molecule has 8 nitrogen and oxygen atoms in total. The van der Waals surface area contributed by atoms with Gasteiger partial charge < -0.3 is 19.8 Å². The number of halogens is 2. The molecule has 4 fully saturated rings. The summed E-state index contributed by atoms with van der Waals surface area (Å²) in [6.45, 7) is 2.60. The third-order valence-corrected chi connectivity index (χ3v) is 10.3. The Bertz CT molecular complexity index is 1830. The maximum absolute atomic E-state index is 16.8. The second-order valence-electron chi connectivity index (χ2n) is 12.9. The number of aromatic nitrogens is 3. The van der Waals surface area contributed by atoms with E-state index in [4.69, 9.17) is 16.1 Å². The molecule has 1 aliphatic carbocycles. The maximum Gasteiger partial charge on any atom is 0.319 e. The van der Waals surface area contributed by atoms with Crippen LogP contribution in [-0.2, 0) is 0 Å². The molecule has 3 saturated heterocycles. The summed E-state index contributed by atoms with van der Waals surface area (Å²) in [6, 6.07) is 8.43. The van der Waals surface area contributed by atoms with Gasteiger partial charge in [0.15, 0.2) is 5.82 Å². The molecule has 4 atom stereocenters. The zero-order valence-corrected chi connectivity index (χ0v) is 24.2. The smallest absolute Gasteiger partial charge is 0.319 e. The first-order chi connectivity index (χ1) is 21.3. The van der Waals surface area contributed by atoms with Crippen molar-refractivity contribution < 1.29 is 23.7 Å². The van der Waals surface area contributed by atoms with Crippen molar-refractivity contribution in [1.29, 1.82) is 0 Å². The van der Waals surface area contributed by atoms with E-state index in [1.165, 1.54) is 6.07 Å². The van der Waals surface area contributed by atoms with Gasteiger partial charge in [-0.2, -0.15) is 9.97 Å². The maximum atomic E-state index is 16.8. The van der Waals surface area contributed by atoms with E-state index in [-0.39, 0.29) is 47.5 Å².